The number of hydrogen-bond acceptors (Lipinski definition) is 6. The van der Waals surface area contributed by atoms with E-state index in [0.29, 0.717) is 12.1 Å². The summed E-state index contributed by atoms with van der Waals surface area (Å²) in [5.41, 5.74) is 2.62. The molecule has 0 amide bonds. The Bertz CT molecular complexity index is 909. The number of imidazole rings is 1. The Morgan fingerprint density at radius 3 is 2.73 bits per heavy atom. The van der Waals surface area contributed by atoms with E-state index in [1.54, 1.807) is 0 Å². The lowest BCUT2D eigenvalue weighted by Crippen LogP contribution is -2.27. The molecule has 1 unspecified atom stereocenters. The van der Waals surface area contributed by atoms with Crippen molar-refractivity contribution in [3.63, 3.8) is 0 Å². The zero-order valence-electron chi connectivity index (χ0n) is 14.7. The molecule has 3 aromatic rings. The van der Waals surface area contributed by atoms with E-state index in [0.717, 1.165) is 48.2 Å². The predicted octanol–water partition coefficient (Wildman–Crippen LogP) is 2.53. The van der Waals surface area contributed by atoms with Gasteiger partial charge in [0.25, 0.3) is 0 Å². The van der Waals surface area contributed by atoms with Gasteiger partial charge in [0.1, 0.15) is 17.3 Å². The smallest absolute Gasteiger partial charge is 0.154 e. The highest BCUT2D eigenvalue weighted by Gasteiger charge is 2.18. The molecule has 1 saturated carbocycles. The molecule has 1 saturated heterocycles. The van der Waals surface area contributed by atoms with E-state index in [9.17, 15) is 0 Å². The molecule has 26 heavy (non-hydrogen) atoms. The van der Waals surface area contributed by atoms with E-state index >= 15 is 0 Å². The SMILES string of the molecule is c1cc(NC2CCNC2)nc(-c2cnc3ccc(NC4CCC4)nn23)c1. The van der Waals surface area contributed by atoms with Crippen LogP contribution in [0.15, 0.2) is 36.5 Å². The van der Waals surface area contributed by atoms with Crippen molar-refractivity contribution in [3.8, 4) is 11.4 Å². The Labute approximate surface area is 152 Å². The first-order valence-corrected chi connectivity index (χ1v) is 9.41. The number of anilines is 2. The van der Waals surface area contributed by atoms with Crippen LogP contribution >= 0.6 is 0 Å². The number of nitrogens with one attached hydrogen (secondary N) is 3. The summed E-state index contributed by atoms with van der Waals surface area (Å²) < 4.78 is 1.88. The second kappa shape index (κ2) is 6.57. The minimum absolute atomic E-state index is 0.441. The fraction of sp³-hybridized carbons (Fsp3) is 0.421. The van der Waals surface area contributed by atoms with Gasteiger partial charge in [-0.15, -0.1) is 5.10 Å². The third-order valence-electron chi connectivity index (χ3n) is 5.24. The second-order valence-corrected chi connectivity index (χ2v) is 7.15. The third-order valence-corrected chi connectivity index (χ3v) is 5.24. The molecule has 3 N–H and O–H groups in total. The lowest BCUT2D eigenvalue weighted by Gasteiger charge is -2.26. The normalized spacial score (nSPS) is 20.2. The monoisotopic (exact) mass is 349 g/mol. The third kappa shape index (κ3) is 2.99. The number of fused-ring (bicyclic) bond motifs is 1. The number of rotatable bonds is 5. The molecule has 1 atom stereocenters. The first-order chi connectivity index (χ1) is 12.8. The molecule has 0 bridgehead atoms. The molecule has 0 spiro atoms. The largest absolute Gasteiger partial charge is 0.366 e. The second-order valence-electron chi connectivity index (χ2n) is 7.15. The van der Waals surface area contributed by atoms with Gasteiger partial charge in [0.05, 0.1) is 11.9 Å². The summed E-state index contributed by atoms with van der Waals surface area (Å²) in [5, 5.41) is 15.1. The first-order valence-electron chi connectivity index (χ1n) is 9.41. The predicted molar refractivity (Wildman–Crippen MR) is 102 cm³/mol. The van der Waals surface area contributed by atoms with Gasteiger partial charge in [-0.1, -0.05) is 6.07 Å². The van der Waals surface area contributed by atoms with Crippen LogP contribution in [0.4, 0.5) is 11.6 Å². The van der Waals surface area contributed by atoms with Crippen LogP contribution in [-0.2, 0) is 0 Å². The van der Waals surface area contributed by atoms with Crippen LogP contribution in [0.5, 0.6) is 0 Å². The van der Waals surface area contributed by atoms with E-state index in [1.165, 1.54) is 19.3 Å². The Morgan fingerprint density at radius 1 is 1.00 bits per heavy atom. The summed E-state index contributed by atoms with van der Waals surface area (Å²) in [4.78, 5) is 9.27. The molecule has 7 nitrogen and oxygen atoms in total. The van der Waals surface area contributed by atoms with Crippen LogP contribution in [0.2, 0.25) is 0 Å². The van der Waals surface area contributed by atoms with Gasteiger partial charge in [0, 0.05) is 18.6 Å². The average molecular weight is 349 g/mol. The van der Waals surface area contributed by atoms with Crippen LogP contribution in [0.3, 0.4) is 0 Å². The molecule has 2 aliphatic rings. The molecule has 134 valence electrons. The van der Waals surface area contributed by atoms with Crippen LogP contribution in [0.25, 0.3) is 17.0 Å². The van der Waals surface area contributed by atoms with Gasteiger partial charge in [-0.3, -0.25) is 0 Å². The maximum Gasteiger partial charge on any atom is 0.154 e. The number of pyridine rings is 1. The number of hydrogen-bond donors (Lipinski definition) is 3. The molecule has 2 fully saturated rings. The first kappa shape index (κ1) is 15.6. The van der Waals surface area contributed by atoms with Crippen LogP contribution in [0, 0.1) is 0 Å². The topological polar surface area (TPSA) is 79.2 Å². The minimum atomic E-state index is 0.441. The van der Waals surface area contributed by atoms with Gasteiger partial charge >= 0.3 is 0 Å². The van der Waals surface area contributed by atoms with Crippen molar-refractivity contribution in [1.82, 2.24) is 24.9 Å². The van der Waals surface area contributed by atoms with E-state index in [2.05, 4.69) is 20.9 Å². The lowest BCUT2D eigenvalue weighted by molar-refractivity contribution is 0.444. The van der Waals surface area contributed by atoms with Gasteiger partial charge in [0.2, 0.25) is 0 Å². The van der Waals surface area contributed by atoms with Gasteiger partial charge in [-0.25, -0.2) is 14.5 Å². The van der Waals surface area contributed by atoms with Gasteiger partial charge in [0.15, 0.2) is 5.65 Å². The maximum absolute atomic E-state index is 4.79. The van der Waals surface area contributed by atoms with E-state index in [-0.39, 0.29) is 0 Å². The Balaban J connectivity index is 1.44. The van der Waals surface area contributed by atoms with E-state index in [1.807, 2.05) is 41.0 Å². The molecule has 1 aliphatic heterocycles. The fourth-order valence-electron chi connectivity index (χ4n) is 3.53. The van der Waals surface area contributed by atoms with Crippen molar-refractivity contribution in [2.45, 2.75) is 37.8 Å². The highest BCUT2D eigenvalue weighted by atomic mass is 15.3. The van der Waals surface area contributed by atoms with Crippen molar-refractivity contribution in [2.75, 3.05) is 23.7 Å². The summed E-state index contributed by atoms with van der Waals surface area (Å²) in [6, 6.07) is 11.1. The average Bonchev–Trinajstić information content (AvgIpc) is 3.27. The summed E-state index contributed by atoms with van der Waals surface area (Å²) in [6.07, 6.45) is 6.72. The van der Waals surface area contributed by atoms with Crippen LogP contribution < -0.4 is 16.0 Å². The summed E-state index contributed by atoms with van der Waals surface area (Å²) in [6.45, 7) is 2.05. The lowest BCUT2D eigenvalue weighted by atomic mass is 9.93. The number of nitrogens with zero attached hydrogens (tertiary/aromatic N) is 4. The minimum Gasteiger partial charge on any atom is -0.366 e. The summed E-state index contributed by atoms with van der Waals surface area (Å²) in [7, 11) is 0. The summed E-state index contributed by atoms with van der Waals surface area (Å²) in [5.74, 6) is 1.79. The molecule has 1 aliphatic carbocycles. The Morgan fingerprint density at radius 2 is 1.92 bits per heavy atom. The van der Waals surface area contributed by atoms with Gasteiger partial charge in [-0.05, 0) is 56.5 Å². The zero-order chi connectivity index (χ0) is 17.3. The molecular formula is C19H23N7. The maximum atomic E-state index is 4.79. The van der Waals surface area contributed by atoms with Crippen molar-refractivity contribution in [2.24, 2.45) is 0 Å². The van der Waals surface area contributed by atoms with Crippen LogP contribution in [0.1, 0.15) is 25.7 Å². The molecular weight excluding hydrogens is 326 g/mol. The standard InChI is InChI=1S/C19H23N7/c1-3-13(4-1)22-18-7-8-19-21-12-16(26(19)25-18)15-5-2-6-17(24-15)23-14-9-10-20-11-14/h2,5-8,12-14,20H,1,3-4,9-11H2,(H,22,25)(H,23,24). The number of aromatic nitrogens is 4. The van der Waals surface area contributed by atoms with Crippen molar-refractivity contribution in [3.05, 3.63) is 36.5 Å². The van der Waals surface area contributed by atoms with Crippen molar-refractivity contribution >= 4 is 17.3 Å². The van der Waals surface area contributed by atoms with Crippen molar-refractivity contribution < 1.29 is 0 Å². The van der Waals surface area contributed by atoms with E-state index < -0.39 is 0 Å². The van der Waals surface area contributed by atoms with Gasteiger partial charge in [-0.2, -0.15) is 0 Å². The van der Waals surface area contributed by atoms with Crippen LogP contribution in [-0.4, -0.2) is 44.8 Å². The molecule has 5 rings (SSSR count). The summed E-state index contributed by atoms with van der Waals surface area (Å²) >= 11 is 0. The highest BCUT2D eigenvalue weighted by molar-refractivity contribution is 5.62. The quantitative estimate of drug-likeness (QED) is 0.657. The van der Waals surface area contributed by atoms with Gasteiger partial charge < -0.3 is 16.0 Å². The molecule has 0 aromatic carbocycles. The Hall–Kier alpha value is -2.67. The Kier molecular flexibility index (Phi) is 3.93. The molecule has 7 heteroatoms. The molecule has 4 heterocycles. The van der Waals surface area contributed by atoms with Crippen molar-refractivity contribution in [1.29, 1.82) is 0 Å². The fourth-order valence-corrected chi connectivity index (χ4v) is 3.53. The van der Waals surface area contributed by atoms with E-state index in [4.69, 9.17) is 10.1 Å². The highest BCUT2D eigenvalue weighted by Crippen LogP contribution is 2.24. The zero-order valence-corrected chi connectivity index (χ0v) is 14.7. The molecule has 0 radical (unpaired) electrons. The molecule has 3 aromatic heterocycles.